The van der Waals surface area contributed by atoms with Gasteiger partial charge in [0.1, 0.15) is 11.4 Å². The molecule has 2 heterocycles. The second-order valence-corrected chi connectivity index (χ2v) is 3.83. The van der Waals surface area contributed by atoms with Gasteiger partial charge in [0.2, 0.25) is 0 Å². The van der Waals surface area contributed by atoms with E-state index in [1.54, 1.807) is 18.6 Å². The normalized spacial score (nSPS) is 11.4. The van der Waals surface area contributed by atoms with Crippen molar-refractivity contribution in [2.75, 3.05) is 0 Å². The summed E-state index contributed by atoms with van der Waals surface area (Å²) in [4.78, 5) is 0. The average Bonchev–Trinajstić information content (AvgIpc) is 2.98. The summed E-state index contributed by atoms with van der Waals surface area (Å²) in [5.41, 5.74) is 1.48. The molecular weight excluding hydrogens is 216 g/mol. The Morgan fingerprint density at radius 1 is 1.24 bits per heavy atom. The summed E-state index contributed by atoms with van der Waals surface area (Å²) >= 11 is 0. The van der Waals surface area contributed by atoms with E-state index >= 15 is 0 Å². The summed E-state index contributed by atoms with van der Waals surface area (Å²) in [5.74, 6) is 0. The van der Waals surface area contributed by atoms with Gasteiger partial charge >= 0.3 is 0 Å². The molecule has 2 aromatic heterocycles. The minimum absolute atomic E-state index is 0.712. The van der Waals surface area contributed by atoms with Crippen molar-refractivity contribution in [1.82, 2.24) is 20.0 Å². The van der Waals surface area contributed by atoms with Crippen LogP contribution < -0.4 is 0 Å². The number of azo groups is 1. The van der Waals surface area contributed by atoms with Crippen molar-refractivity contribution in [2.45, 2.75) is 32.7 Å². The molecule has 6 heteroatoms. The molecular formula is C11H16N6. The molecule has 0 aliphatic rings. The number of unbranched alkanes of at least 4 members (excludes halogenated alkanes) is 2. The molecule has 0 atom stereocenters. The fraction of sp³-hybridized carbons (Fsp3) is 0.455. The number of rotatable bonds is 6. The lowest BCUT2D eigenvalue weighted by Gasteiger charge is -1.98. The molecule has 1 N–H and O–H groups in total. The molecule has 0 aromatic carbocycles. The first kappa shape index (κ1) is 11.5. The van der Waals surface area contributed by atoms with Gasteiger partial charge in [-0.15, -0.1) is 10.2 Å². The molecule has 0 unspecified atom stereocenters. The number of aromatic amines is 1. The molecule has 0 spiro atoms. The van der Waals surface area contributed by atoms with E-state index in [-0.39, 0.29) is 0 Å². The lowest BCUT2D eigenvalue weighted by molar-refractivity contribution is 0.553. The first-order valence-corrected chi connectivity index (χ1v) is 5.81. The Morgan fingerprint density at radius 2 is 2.12 bits per heavy atom. The van der Waals surface area contributed by atoms with Crippen molar-refractivity contribution in [3.63, 3.8) is 0 Å². The van der Waals surface area contributed by atoms with Crippen LogP contribution >= 0.6 is 0 Å². The third-order valence-corrected chi connectivity index (χ3v) is 2.38. The Balaban J connectivity index is 1.89. The van der Waals surface area contributed by atoms with Crippen molar-refractivity contribution in [2.24, 2.45) is 10.2 Å². The van der Waals surface area contributed by atoms with E-state index in [1.807, 2.05) is 10.9 Å². The maximum atomic E-state index is 4.23. The topological polar surface area (TPSA) is 71.2 Å². The Kier molecular flexibility index (Phi) is 4.01. The van der Waals surface area contributed by atoms with E-state index in [9.17, 15) is 0 Å². The SMILES string of the molecule is CCCCCn1cc(N=Nc2cn[nH]c2)cn1. The van der Waals surface area contributed by atoms with Crippen LogP contribution in [-0.2, 0) is 6.54 Å². The molecule has 17 heavy (non-hydrogen) atoms. The minimum Gasteiger partial charge on any atom is -0.283 e. The van der Waals surface area contributed by atoms with Gasteiger partial charge in [-0.05, 0) is 6.42 Å². The number of H-pyrrole nitrogens is 1. The van der Waals surface area contributed by atoms with Gasteiger partial charge in [-0.3, -0.25) is 9.78 Å². The zero-order valence-electron chi connectivity index (χ0n) is 9.87. The van der Waals surface area contributed by atoms with Gasteiger partial charge in [-0.1, -0.05) is 19.8 Å². The van der Waals surface area contributed by atoms with Crippen molar-refractivity contribution in [3.8, 4) is 0 Å². The van der Waals surface area contributed by atoms with Crippen molar-refractivity contribution in [3.05, 3.63) is 24.8 Å². The smallest absolute Gasteiger partial charge is 0.124 e. The molecule has 0 bridgehead atoms. The van der Waals surface area contributed by atoms with Crippen LogP contribution in [0.2, 0.25) is 0 Å². The number of hydrogen-bond acceptors (Lipinski definition) is 4. The summed E-state index contributed by atoms with van der Waals surface area (Å²) in [7, 11) is 0. The van der Waals surface area contributed by atoms with Crippen LogP contribution in [0, 0.1) is 0 Å². The highest BCUT2D eigenvalue weighted by Gasteiger charge is 1.97. The maximum absolute atomic E-state index is 4.23. The molecule has 6 nitrogen and oxygen atoms in total. The van der Waals surface area contributed by atoms with Gasteiger partial charge in [0.25, 0.3) is 0 Å². The highest BCUT2D eigenvalue weighted by Crippen LogP contribution is 2.15. The summed E-state index contributed by atoms with van der Waals surface area (Å²) < 4.78 is 1.90. The van der Waals surface area contributed by atoms with Gasteiger partial charge in [0.05, 0.1) is 18.6 Å². The molecule has 90 valence electrons. The van der Waals surface area contributed by atoms with Gasteiger partial charge in [0.15, 0.2) is 0 Å². The molecule has 0 fully saturated rings. The predicted molar refractivity (Wildman–Crippen MR) is 64.5 cm³/mol. The van der Waals surface area contributed by atoms with Crippen molar-refractivity contribution in [1.29, 1.82) is 0 Å². The van der Waals surface area contributed by atoms with Crippen LogP contribution in [0.15, 0.2) is 35.0 Å². The summed E-state index contributed by atoms with van der Waals surface area (Å²) in [5, 5.41) is 18.8. The van der Waals surface area contributed by atoms with Crippen LogP contribution in [0.4, 0.5) is 11.4 Å². The molecule has 0 aliphatic carbocycles. The average molecular weight is 232 g/mol. The van der Waals surface area contributed by atoms with Crippen LogP contribution in [0.5, 0.6) is 0 Å². The van der Waals surface area contributed by atoms with Crippen LogP contribution in [-0.4, -0.2) is 20.0 Å². The second-order valence-electron chi connectivity index (χ2n) is 3.83. The summed E-state index contributed by atoms with van der Waals surface area (Å²) in [6.45, 7) is 3.13. The molecule has 2 rings (SSSR count). The lowest BCUT2D eigenvalue weighted by atomic mass is 10.2. The minimum atomic E-state index is 0.712. The van der Waals surface area contributed by atoms with Crippen LogP contribution in [0.25, 0.3) is 0 Å². The van der Waals surface area contributed by atoms with Gasteiger partial charge in [-0.25, -0.2) is 0 Å². The molecule has 0 saturated heterocycles. The third kappa shape index (κ3) is 3.51. The van der Waals surface area contributed by atoms with E-state index in [0.29, 0.717) is 5.69 Å². The Bertz CT molecular complexity index is 456. The van der Waals surface area contributed by atoms with E-state index in [1.165, 1.54) is 12.8 Å². The lowest BCUT2D eigenvalue weighted by Crippen LogP contribution is -1.97. The van der Waals surface area contributed by atoms with E-state index in [0.717, 1.165) is 18.7 Å². The molecule has 0 aliphatic heterocycles. The first-order chi connectivity index (χ1) is 8.38. The highest BCUT2D eigenvalue weighted by molar-refractivity contribution is 5.33. The highest BCUT2D eigenvalue weighted by atomic mass is 15.3. The molecule has 0 radical (unpaired) electrons. The Labute approximate surface area is 99.8 Å². The Hall–Kier alpha value is -1.98. The summed E-state index contributed by atoms with van der Waals surface area (Å²) in [6.07, 6.45) is 10.5. The monoisotopic (exact) mass is 232 g/mol. The molecule has 2 aromatic rings. The van der Waals surface area contributed by atoms with Gasteiger partial charge in [-0.2, -0.15) is 10.2 Å². The number of nitrogens with one attached hydrogen (secondary N) is 1. The van der Waals surface area contributed by atoms with Gasteiger partial charge < -0.3 is 0 Å². The second kappa shape index (κ2) is 5.93. The van der Waals surface area contributed by atoms with Crippen LogP contribution in [0.3, 0.4) is 0 Å². The third-order valence-electron chi connectivity index (χ3n) is 2.38. The van der Waals surface area contributed by atoms with Crippen LogP contribution in [0.1, 0.15) is 26.2 Å². The quantitative estimate of drug-likeness (QED) is 0.613. The van der Waals surface area contributed by atoms with Crippen molar-refractivity contribution >= 4 is 11.4 Å². The van der Waals surface area contributed by atoms with E-state index < -0.39 is 0 Å². The number of aryl methyl sites for hydroxylation is 1. The summed E-state index contributed by atoms with van der Waals surface area (Å²) in [6, 6.07) is 0. The molecule has 0 amide bonds. The van der Waals surface area contributed by atoms with Gasteiger partial charge in [0, 0.05) is 12.7 Å². The fourth-order valence-electron chi connectivity index (χ4n) is 1.46. The predicted octanol–water partition coefficient (Wildman–Crippen LogP) is 3.21. The maximum Gasteiger partial charge on any atom is 0.124 e. The number of aromatic nitrogens is 4. The van der Waals surface area contributed by atoms with E-state index in [4.69, 9.17) is 0 Å². The molecule has 0 saturated carbocycles. The fourth-order valence-corrected chi connectivity index (χ4v) is 1.46. The standard InChI is InChI=1S/C11H16N6/c1-2-3-4-5-17-9-11(8-14-17)16-15-10-6-12-13-7-10/h6-9H,2-5H2,1H3,(H,12,13). The zero-order valence-corrected chi connectivity index (χ0v) is 9.87. The largest absolute Gasteiger partial charge is 0.283 e. The van der Waals surface area contributed by atoms with E-state index in [2.05, 4.69) is 32.4 Å². The number of hydrogen-bond donors (Lipinski definition) is 1. The first-order valence-electron chi connectivity index (χ1n) is 5.81. The zero-order chi connectivity index (χ0) is 11.9. The van der Waals surface area contributed by atoms with Crippen molar-refractivity contribution < 1.29 is 0 Å². The Morgan fingerprint density at radius 3 is 2.88 bits per heavy atom. The number of nitrogens with zero attached hydrogens (tertiary/aromatic N) is 5.